The number of carbonyl (C=O) groups excluding carboxylic acids is 1. The van der Waals surface area contributed by atoms with E-state index in [0.29, 0.717) is 0 Å². The lowest BCUT2D eigenvalue weighted by Crippen LogP contribution is -2.30. The molecule has 0 unspecified atom stereocenters. The van der Waals surface area contributed by atoms with Crippen molar-refractivity contribution in [2.24, 2.45) is 0 Å². The molecule has 3 rings (SSSR count). The molecule has 0 radical (unpaired) electrons. The molecule has 0 N–H and O–H groups in total. The maximum absolute atomic E-state index is 12.9. The van der Waals surface area contributed by atoms with Gasteiger partial charge in [-0.05, 0) is 36.2 Å². The Labute approximate surface area is 135 Å². The van der Waals surface area contributed by atoms with Crippen LogP contribution in [0.3, 0.4) is 0 Å². The van der Waals surface area contributed by atoms with Crippen molar-refractivity contribution >= 4 is 17.7 Å². The number of thioether (sulfide) groups is 1. The third kappa shape index (κ3) is 2.83. The van der Waals surface area contributed by atoms with Gasteiger partial charge in [-0.2, -0.15) is 0 Å². The highest BCUT2D eigenvalue weighted by molar-refractivity contribution is 7.99. The van der Waals surface area contributed by atoms with Crippen molar-refractivity contribution < 1.29 is 9.53 Å². The Bertz CT molecular complexity index is 686. The van der Waals surface area contributed by atoms with Crippen LogP contribution in [-0.2, 0) is 0 Å². The molecule has 114 valence electrons. The van der Waals surface area contributed by atoms with Gasteiger partial charge in [0.05, 0.1) is 7.11 Å². The molecular weight excluding hydrogens is 294 g/mol. The molecular formula is C18H19NO2S. The Hall–Kier alpha value is -1.94. The Morgan fingerprint density at radius 1 is 1.23 bits per heavy atom. The summed E-state index contributed by atoms with van der Waals surface area (Å²) in [5.74, 6) is 1.89. The molecule has 0 aliphatic carbocycles. The third-order valence-electron chi connectivity index (χ3n) is 3.91. The molecule has 4 heteroatoms. The van der Waals surface area contributed by atoms with E-state index in [1.165, 1.54) is 0 Å². The average Bonchev–Trinajstić information content (AvgIpc) is 3.04. The second-order valence-corrected chi connectivity index (χ2v) is 6.50. The zero-order chi connectivity index (χ0) is 15.5. The summed E-state index contributed by atoms with van der Waals surface area (Å²) >= 11 is 1.80. The monoisotopic (exact) mass is 313 g/mol. The van der Waals surface area contributed by atoms with Gasteiger partial charge in [-0.3, -0.25) is 4.79 Å². The molecule has 1 saturated heterocycles. The van der Waals surface area contributed by atoms with Gasteiger partial charge in [0.15, 0.2) is 0 Å². The largest absolute Gasteiger partial charge is 0.497 e. The molecule has 1 fully saturated rings. The second kappa shape index (κ2) is 6.44. The van der Waals surface area contributed by atoms with E-state index in [1.807, 2.05) is 54.3 Å². The van der Waals surface area contributed by atoms with E-state index in [9.17, 15) is 4.79 Å². The number of methoxy groups -OCH3 is 1. The fourth-order valence-corrected chi connectivity index (χ4v) is 3.96. The number of amides is 1. The molecule has 0 saturated carbocycles. The van der Waals surface area contributed by atoms with Crippen LogP contribution in [0.1, 0.15) is 26.9 Å². The zero-order valence-corrected chi connectivity index (χ0v) is 13.6. The van der Waals surface area contributed by atoms with Gasteiger partial charge < -0.3 is 9.64 Å². The van der Waals surface area contributed by atoms with Gasteiger partial charge in [-0.15, -0.1) is 11.8 Å². The fraction of sp³-hybridized carbons (Fsp3) is 0.278. The summed E-state index contributed by atoms with van der Waals surface area (Å²) in [5.41, 5.74) is 2.93. The number of aryl methyl sites for hydroxylation is 1. The third-order valence-corrected chi connectivity index (χ3v) is 5.17. The van der Waals surface area contributed by atoms with Crippen LogP contribution in [0.15, 0.2) is 48.5 Å². The number of carbonyl (C=O) groups is 1. The summed E-state index contributed by atoms with van der Waals surface area (Å²) in [7, 11) is 1.66. The van der Waals surface area contributed by atoms with E-state index in [1.54, 1.807) is 18.9 Å². The van der Waals surface area contributed by atoms with E-state index in [4.69, 9.17) is 4.74 Å². The first-order valence-electron chi connectivity index (χ1n) is 7.33. The highest BCUT2D eigenvalue weighted by atomic mass is 32.2. The summed E-state index contributed by atoms with van der Waals surface area (Å²) in [5, 5.41) is 0.0576. The van der Waals surface area contributed by atoms with Gasteiger partial charge in [-0.25, -0.2) is 0 Å². The minimum absolute atomic E-state index is 0.0576. The van der Waals surface area contributed by atoms with E-state index < -0.39 is 0 Å². The van der Waals surface area contributed by atoms with Gasteiger partial charge in [0, 0.05) is 17.9 Å². The van der Waals surface area contributed by atoms with Crippen molar-refractivity contribution in [1.82, 2.24) is 4.90 Å². The van der Waals surface area contributed by atoms with E-state index in [2.05, 4.69) is 6.07 Å². The van der Waals surface area contributed by atoms with Crippen LogP contribution in [0.4, 0.5) is 0 Å². The van der Waals surface area contributed by atoms with Crippen LogP contribution < -0.4 is 4.74 Å². The summed E-state index contributed by atoms with van der Waals surface area (Å²) in [6.07, 6.45) is 0. The maximum atomic E-state index is 12.9. The first-order valence-corrected chi connectivity index (χ1v) is 8.38. The molecule has 3 nitrogen and oxygen atoms in total. The molecule has 2 aromatic rings. The van der Waals surface area contributed by atoms with E-state index >= 15 is 0 Å². The number of rotatable bonds is 3. The number of hydrogen-bond donors (Lipinski definition) is 0. The number of benzene rings is 2. The van der Waals surface area contributed by atoms with Crippen molar-refractivity contribution in [2.75, 3.05) is 19.4 Å². The Morgan fingerprint density at radius 2 is 2.05 bits per heavy atom. The minimum Gasteiger partial charge on any atom is -0.497 e. The summed E-state index contributed by atoms with van der Waals surface area (Å²) in [4.78, 5) is 14.8. The lowest BCUT2D eigenvalue weighted by atomic mass is 10.1. The molecule has 2 aromatic carbocycles. The maximum Gasteiger partial charge on any atom is 0.255 e. The molecule has 22 heavy (non-hydrogen) atoms. The van der Waals surface area contributed by atoms with Gasteiger partial charge in [0.2, 0.25) is 0 Å². The Morgan fingerprint density at radius 3 is 2.82 bits per heavy atom. The van der Waals surface area contributed by atoms with Crippen LogP contribution in [0.5, 0.6) is 5.75 Å². The van der Waals surface area contributed by atoms with Crippen LogP contribution >= 0.6 is 11.8 Å². The number of ether oxygens (including phenoxy) is 1. The minimum atomic E-state index is 0.0576. The van der Waals surface area contributed by atoms with Crippen molar-refractivity contribution in [1.29, 1.82) is 0 Å². The van der Waals surface area contributed by atoms with E-state index in [0.717, 1.165) is 34.7 Å². The predicted molar refractivity (Wildman–Crippen MR) is 90.4 cm³/mol. The molecule has 0 aromatic heterocycles. The standard InChI is InChI=1S/C18H19NO2S/c1-13-6-3-4-9-16(13)17(20)19-10-11-22-18(19)14-7-5-8-15(12-14)21-2/h3-9,12,18H,10-11H2,1-2H3/t18-/m0/s1. The SMILES string of the molecule is COc1cccc([C@@H]2SCCN2C(=O)c2ccccc2C)c1. The Kier molecular flexibility index (Phi) is 4.39. The highest BCUT2D eigenvalue weighted by Crippen LogP contribution is 2.39. The molecule has 1 heterocycles. The molecule has 0 bridgehead atoms. The fourth-order valence-electron chi connectivity index (χ4n) is 2.72. The number of nitrogens with zero attached hydrogens (tertiary/aromatic N) is 1. The quantitative estimate of drug-likeness (QED) is 0.861. The molecule has 1 aliphatic heterocycles. The van der Waals surface area contributed by atoms with Crippen LogP contribution in [0.25, 0.3) is 0 Å². The topological polar surface area (TPSA) is 29.5 Å². The first kappa shape index (κ1) is 15.0. The van der Waals surface area contributed by atoms with Crippen LogP contribution in [0.2, 0.25) is 0 Å². The molecule has 1 aliphatic rings. The predicted octanol–water partition coefficient (Wildman–Crippen LogP) is 3.89. The summed E-state index contributed by atoms with van der Waals surface area (Å²) in [6, 6.07) is 15.7. The van der Waals surface area contributed by atoms with Crippen molar-refractivity contribution in [3.05, 3.63) is 65.2 Å². The lowest BCUT2D eigenvalue weighted by Gasteiger charge is -2.25. The van der Waals surface area contributed by atoms with Crippen molar-refractivity contribution in [2.45, 2.75) is 12.3 Å². The van der Waals surface area contributed by atoms with Crippen molar-refractivity contribution in [3.8, 4) is 5.75 Å². The normalized spacial score (nSPS) is 17.5. The van der Waals surface area contributed by atoms with Crippen LogP contribution in [-0.4, -0.2) is 30.2 Å². The summed E-state index contributed by atoms with van der Waals surface area (Å²) in [6.45, 7) is 2.76. The summed E-state index contributed by atoms with van der Waals surface area (Å²) < 4.78 is 5.30. The Balaban J connectivity index is 1.90. The molecule has 1 atom stereocenters. The van der Waals surface area contributed by atoms with Gasteiger partial charge in [0.25, 0.3) is 5.91 Å². The van der Waals surface area contributed by atoms with E-state index in [-0.39, 0.29) is 11.3 Å². The molecule has 1 amide bonds. The van der Waals surface area contributed by atoms with Gasteiger partial charge in [-0.1, -0.05) is 30.3 Å². The average molecular weight is 313 g/mol. The van der Waals surface area contributed by atoms with Gasteiger partial charge >= 0.3 is 0 Å². The number of hydrogen-bond acceptors (Lipinski definition) is 3. The van der Waals surface area contributed by atoms with Gasteiger partial charge in [0.1, 0.15) is 11.1 Å². The van der Waals surface area contributed by atoms with Crippen LogP contribution in [0, 0.1) is 6.92 Å². The second-order valence-electron chi connectivity index (χ2n) is 5.31. The first-order chi connectivity index (χ1) is 10.7. The zero-order valence-electron chi connectivity index (χ0n) is 12.8. The lowest BCUT2D eigenvalue weighted by molar-refractivity contribution is 0.0759. The molecule has 0 spiro atoms. The highest BCUT2D eigenvalue weighted by Gasteiger charge is 2.31. The van der Waals surface area contributed by atoms with Crippen molar-refractivity contribution in [3.63, 3.8) is 0 Å². The smallest absolute Gasteiger partial charge is 0.255 e.